The summed E-state index contributed by atoms with van der Waals surface area (Å²) in [6.45, 7) is 33.5. The maximum Gasteiger partial charge on any atom is 3.00 e. The Kier molecular flexibility index (Phi) is 12.9. The molecule has 0 aliphatic heterocycles. The fourth-order valence-electron chi connectivity index (χ4n) is 3.04. The molecular formula is C22H45Y. The molecule has 0 fully saturated rings. The van der Waals surface area contributed by atoms with Gasteiger partial charge in [0.05, 0.1) is 0 Å². The number of hydrogen-bond donors (Lipinski definition) is 0. The van der Waals surface area contributed by atoms with Crippen molar-refractivity contribution in [2.24, 2.45) is 21.7 Å². The van der Waals surface area contributed by atoms with Crippen LogP contribution in [0.25, 0.3) is 0 Å². The predicted molar refractivity (Wildman–Crippen MR) is 105 cm³/mol. The summed E-state index contributed by atoms with van der Waals surface area (Å²) in [5.41, 5.74) is 1.27. The zero-order chi connectivity index (χ0) is 18.6. The fraction of sp³-hybridized carbons (Fsp3) is 0.864. The Morgan fingerprint density at radius 2 is 0.739 bits per heavy atom. The molecule has 0 aromatic rings. The zero-order valence-corrected chi connectivity index (χ0v) is 21.5. The van der Waals surface area contributed by atoms with Crippen LogP contribution in [0.3, 0.4) is 0 Å². The molecule has 0 atom stereocenters. The van der Waals surface area contributed by atoms with Gasteiger partial charge in [-0.3, -0.25) is 0 Å². The summed E-state index contributed by atoms with van der Waals surface area (Å²) < 4.78 is 0. The van der Waals surface area contributed by atoms with Crippen molar-refractivity contribution in [2.75, 3.05) is 0 Å². The van der Waals surface area contributed by atoms with Gasteiger partial charge in [0, 0.05) is 0 Å². The van der Waals surface area contributed by atoms with Crippen molar-refractivity contribution in [2.45, 2.75) is 103 Å². The Morgan fingerprint density at radius 3 is 0.870 bits per heavy atom. The van der Waals surface area contributed by atoms with Gasteiger partial charge >= 0.3 is 32.7 Å². The van der Waals surface area contributed by atoms with Gasteiger partial charge in [-0.05, 0) is 10.8 Å². The molecule has 0 aromatic heterocycles. The first-order valence-electron chi connectivity index (χ1n) is 8.87. The van der Waals surface area contributed by atoms with Crippen LogP contribution in [0.4, 0.5) is 0 Å². The minimum atomic E-state index is 0. The molecule has 0 heterocycles. The Hall–Kier alpha value is 1.10. The van der Waals surface area contributed by atoms with Crippen molar-refractivity contribution in [3.05, 3.63) is 18.8 Å². The molecule has 0 aliphatic carbocycles. The van der Waals surface area contributed by atoms with E-state index < -0.39 is 0 Å². The van der Waals surface area contributed by atoms with E-state index in [0.717, 1.165) is 0 Å². The van der Waals surface area contributed by atoms with Crippen molar-refractivity contribution in [3.8, 4) is 0 Å². The van der Waals surface area contributed by atoms with E-state index in [9.17, 15) is 0 Å². The summed E-state index contributed by atoms with van der Waals surface area (Å²) in [6.07, 6.45) is 2.49. The molecule has 0 bridgehead atoms. The SMILES string of the molecule is C[C-](C)C(C)(C)CC(C)(C)C(C)(C)CC(C)(C)[C-](C)C.[CH2-]C.[Y+3]. The zero-order valence-electron chi connectivity index (χ0n) is 18.7. The van der Waals surface area contributed by atoms with Gasteiger partial charge in [0.1, 0.15) is 0 Å². The summed E-state index contributed by atoms with van der Waals surface area (Å²) in [7, 11) is 0. The second-order valence-electron chi connectivity index (χ2n) is 9.89. The maximum atomic E-state index is 3.25. The van der Waals surface area contributed by atoms with Crippen LogP contribution in [0.1, 0.15) is 103 Å². The van der Waals surface area contributed by atoms with Gasteiger partial charge in [-0.2, -0.15) is 45.4 Å². The minimum Gasteiger partial charge on any atom is -0.346 e. The van der Waals surface area contributed by atoms with Crippen LogP contribution >= 0.6 is 0 Å². The van der Waals surface area contributed by atoms with Crippen molar-refractivity contribution >= 4 is 0 Å². The first kappa shape index (κ1) is 28.9. The predicted octanol–water partition coefficient (Wildman–Crippen LogP) is 7.94. The molecule has 0 spiro atoms. The summed E-state index contributed by atoms with van der Waals surface area (Å²) in [6, 6.07) is 0. The van der Waals surface area contributed by atoms with Gasteiger partial charge in [-0.1, -0.05) is 68.2 Å². The van der Waals surface area contributed by atoms with E-state index in [4.69, 9.17) is 0 Å². The minimum absolute atomic E-state index is 0. The van der Waals surface area contributed by atoms with E-state index in [1.54, 1.807) is 18.8 Å². The molecule has 0 aromatic carbocycles. The molecule has 23 heavy (non-hydrogen) atoms. The molecule has 136 valence electrons. The van der Waals surface area contributed by atoms with Gasteiger partial charge in [-0.25, -0.2) is 0 Å². The molecule has 0 N–H and O–H groups in total. The van der Waals surface area contributed by atoms with Crippen molar-refractivity contribution in [1.82, 2.24) is 0 Å². The van der Waals surface area contributed by atoms with Gasteiger partial charge in [0.25, 0.3) is 0 Å². The molecule has 0 rings (SSSR count). The van der Waals surface area contributed by atoms with Crippen LogP contribution in [0, 0.1) is 40.4 Å². The first-order chi connectivity index (χ1) is 9.55. The van der Waals surface area contributed by atoms with Crippen LogP contribution < -0.4 is 0 Å². The molecule has 0 unspecified atom stereocenters. The maximum absolute atomic E-state index is 3.25. The van der Waals surface area contributed by atoms with E-state index in [0.29, 0.717) is 21.7 Å². The van der Waals surface area contributed by atoms with Crippen LogP contribution in [-0.2, 0) is 32.7 Å². The molecule has 0 saturated carbocycles. The van der Waals surface area contributed by atoms with E-state index in [1.165, 1.54) is 12.8 Å². The third-order valence-electron chi connectivity index (χ3n) is 6.31. The Morgan fingerprint density at radius 1 is 0.565 bits per heavy atom. The molecular weight excluding hydrogens is 353 g/mol. The van der Waals surface area contributed by atoms with Crippen LogP contribution in [0.15, 0.2) is 0 Å². The van der Waals surface area contributed by atoms with Gasteiger partial charge in [0.15, 0.2) is 0 Å². The fourth-order valence-corrected chi connectivity index (χ4v) is 3.04. The number of hydrogen-bond acceptors (Lipinski definition) is 0. The average Bonchev–Trinajstić information content (AvgIpc) is 2.28. The summed E-state index contributed by atoms with van der Waals surface area (Å²) in [5, 5.41) is 0. The van der Waals surface area contributed by atoms with Crippen molar-refractivity contribution in [3.63, 3.8) is 0 Å². The third-order valence-corrected chi connectivity index (χ3v) is 6.31. The van der Waals surface area contributed by atoms with Crippen LogP contribution in [-0.4, -0.2) is 0 Å². The summed E-state index contributed by atoms with van der Waals surface area (Å²) in [4.78, 5) is 0. The molecule has 0 aliphatic rings. The average molecular weight is 399 g/mol. The Bertz CT molecular complexity index is 274. The molecule has 0 nitrogen and oxygen atoms in total. The monoisotopic (exact) mass is 398 g/mol. The Balaban J connectivity index is -0.00000128. The second-order valence-corrected chi connectivity index (χ2v) is 9.89. The van der Waals surface area contributed by atoms with E-state index in [1.807, 2.05) is 0 Å². The summed E-state index contributed by atoms with van der Waals surface area (Å²) >= 11 is 0. The van der Waals surface area contributed by atoms with E-state index in [-0.39, 0.29) is 32.7 Å². The smallest absolute Gasteiger partial charge is 0.346 e. The Labute approximate surface area is 175 Å². The van der Waals surface area contributed by atoms with Crippen LogP contribution in [0.2, 0.25) is 0 Å². The molecule has 0 amide bonds. The number of rotatable bonds is 7. The van der Waals surface area contributed by atoms with Gasteiger partial charge in [-0.15, -0.1) is 0 Å². The molecule has 0 saturated heterocycles. The molecule has 1 heteroatoms. The van der Waals surface area contributed by atoms with E-state index >= 15 is 0 Å². The van der Waals surface area contributed by atoms with Gasteiger partial charge < -0.3 is 18.8 Å². The van der Waals surface area contributed by atoms with E-state index in [2.05, 4.69) is 90.0 Å². The van der Waals surface area contributed by atoms with Crippen LogP contribution in [0.5, 0.6) is 0 Å². The molecule has 0 radical (unpaired) electrons. The third kappa shape index (κ3) is 8.85. The topological polar surface area (TPSA) is 0 Å². The summed E-state index contributed by atoms with van der Waals surface area (Å²) in [5.74, 6) is 3.08. The van der Waals surface area contributed by atoms with Crippen molar-refractivity contribution < 1.29 is 32.7 Å². The van der Waals surface area contributed by atoms with Gasteiger partial charge in [0.2, 0.25) is 0 Å². The first-order valence-corrected chi connectivity index (χ1v) is 8.87. The van der Waals surface area contributed by atoms with Crippen molar-refractivity contribution in [1.29, 1.82) is 0 Å². The largest absolute Gasteiger partial charge is 3.00 e. The standard InChI is InChI=1S/C20H40.C2H5.Y/c1-15(2)17(5,6)13-19(9,10)20(11,12)14-18(7,8)16(3)4;1-2;/h13-14H2,1-12H3;1H2,2H3;/q-2;-1;+3. The normalized spacial score (nSPS) is 13.6. The quantitative estimate of drug-likeness (QED) is 0.382. The second kappa shape index (κ2) is 10.3.